The monoisotopic (exact) mass is 495 g/mol. The number of ether oxygens (including phenoxy) is 3. The first-order chi connectivity index (χ1) is 16.9. The molecule has 10 nitrogen and oxygen atoms in total. The van der Waals surface area contributed by atoms with Crippen molar-refractivity contribution in [3.63, 3.8) is 0 Å². The Kier molecular flexibility index (Phi) is 7.28. The quantitative estimate of drug-likeness (QED) is 0.330. The summed E-state index contributed by atoms with van der Waals surface area (Å²) in [6.45, 7) is 0.213. The number of rotatable bonds is 10. The Bertz CT molecular complexity index is 1310. The first-order valence-corrected chi connectivity index (χ1v) is 12.1. The number of hydrogen-bond donors (Lipinski definition) is 0. The van der Waals surface area contributed by atoms with Gasteiger partial charge in [0, 0.05) is 13.1 Å². The van der Waals surface area contributed by atoms with Gasteiger partial charge in [-0.05, 0) is 64.9 Å². The number of nitrogens with zero attached hydrogens (tertiary/aromatic N) is 5. The van der Waals surface area contributed by atoms with E-state index in [1.54, 1.807) is 69.9 Å². The third-order valence-electron chi connectivity index (χ3n) is 5.31. The number of methoxy groups -OCH3 is 3. The Hall–Kier alpha value is -3.96. The average molecular weight is 496 g/mol. The standard InChI is InChI=1S/C24H25N5O5S/c1-32-21-10-4-18(5-11-21)16-28(17-19-6-12-22(33-2)13-7-19)35(30,31)24-25-27-29(26-24)20-8-14-23(34-3)15-9-20/h4-15H,16-17H2,1-3H3. The highest BCUT2D eigenvalue weighted by molar-refractivity contribution is 7.88. The van der Waals surface area contributed by atoms with Gasteiger partial charge in [0.15, 0.2) is 0 Å². The molecule has 1 heterocycles. The van der Waals surface area contributed by atoms with Gasteiger partial charge < -0.3 is 14.2 Å². The number of sulfonamides is 1. The summed E-state index contributed by atoms with van der Waals surface area (Å²) in [6.07, 6.45) is 0. The van der Waals surface area contributed by atoms with Crippen LogP contribution < -0.4 is 14.2 Å². The van der Waals surface area contributed by atoms with Gasteiger partial charge in [-0.15, -0.1) is 9.90 Å². The van der Waals surface area contributed by atoms with Crippen LogP contribution in [0.25, 0.3) is 5.69 Å². The van der Waals surface area contributed by atoms with Crippen LogP contribution in [0.5, 0.6) is 17.2 Å². The average Bonchev–Trinajstić information content (AvgIpc) is 3.40. The van der Waals surface area contributed by atoms with Gasteiger partial charge >= 0.3 is 5.16 Å². The predicted molar refractivity (Wildman–Crippen MR) is 128 cm³/mol. The lowest BCUT2D eigenvalue weighted by Gasteiger charge is -2.21. The molecular weight excluding hydrogens is 470 g/mol. The molecule has 0 N–H and O–H groups in total. The van der Waals surface area contributed by atoms with Crippen molar-refractivity contribution in [2.24, 2.45) is 0 Å². The van der Waals surface area contributed by atoms with E-state index in [1.165, 1.54) is 9.10 Å². The summed E-state index contributed by atoms with van der Waals surface area (Å²) in [7, 11) is 0.628. The number of benzene rings is 3. The highest BCUT2D eigenvalue weighted by Crippen LogP contribution is 2.22. The summed E-state index contributed by atoms with van der Waals surface area (Å²) in [5.74, 6) is 2.02. The topological polar surface area (TPSA) is 109 Å². The minimum absolute atomic E-state index is 0.107. The Morgan fingerprint density at radius 1 is 0.714 bits per heavy atom. The fourth-order valence-corrected chi connectivity index (χ4v) is 4.53. The minimum Gasteiger partial charge on any atom is -0.497 e. The zero-order chi connectivity index (χ0) is 24.8. The van der Waals surface area contributed by atoms with Crippen LogP contribution in [0, 0.1) is 0 Å². The molecule has 0 atom stereocenters. The van der Waals surface area contributed by atoms with Gasteiger partial charge in [0.05, 0.1) is 27.0 Å². The largest absolute Gasteiger partial charge is 0.497 e. The lowest BCUT2D eigenvalue weighted by atomic mass is 10.2. The summed E-state index contributed by atoms with van der Waals surface area (Å²) >= 11 is 0. The normalized spacial score (nSPS) is 11.4. The maximum absolute atomic E-state index is 13.6. The molecule has 0 amide bonds. The molecule has 11 heteroatoms. The van der Waals surface area contributed by atoms with Gasteiger partial charge in [0.25, 0.3) is 10.0 Å². The van der Waals surface area contributed by atoms with Crippen LogP contribution in [-0.4, -0.2) is 54.3 Å². The minimum atomic E-state index is -4.09. The van der Waals surface area contributed by atoms with Gasteiger partial charge in [0.1, 0.15) is 17.2 Å². The van der Waals surface area contributed by atoms with Gasteiger partial charge in [-0.25, -0.2) is 8.42 Å². The van der Waals surface area contributed by atoms with E-state index in [0.29, 0.717) is 22.9 Å². The molecule has 182 valence electrons. The van der Waals surface area contributed by atoms with Crippen molar-refractivity contribution in [2.45, 2.75) is 18.2 Å². The van der Waals surface area contributed by atoms with Crippen molar-refractivity contribution in [1.29, 1.82) is 0 Å². The molecule has 0 saturated carbocycles. The second-order valence-corrected chi connectivity index (χ2v) is 9.36. The third kappa shape index (κ3) is 5.58. The Morgan fingerprint density at radius 2 is 1.14 bits per heavy atom. The maximum Gasteiger partial charge on any atom is 0.304 e. The van der Waals surface area contributed by atoms with Crippen LogP contribution in [0.1, 0.15) is 11.1 Å². The van der Waals surface area contributed by atoms with E-state index in [4.69, 9.17) is 14.2 Å². The molecule has 4 rings (SSSR count). The van der Waals surface area contributed by atoms with Gasteiger partial charge in [-0.3, -0.25) is 0 Å². The fourth-order valence-electron chi connectivity index (χ4n) is 3.34. The molecule has 0 fully saturated rings. The first kappa shape index (κ1) is 24.2. The molecule has 4 aromatic rings. The molecule has 0 radical (unpaired) electrons. The summed E-state index contributed by atoms with van der Waals surface area (Å²) < 4.78 is 44.1. The van der Waals surface area contributed by atoms with E-state index in [-0.39, 0.29) is 13.1 Å². The van der Waals surface area contributed by atoms with Crippen molar-refractivity contribution < 1.29 is 22.6 Å². The first-order valence-electron chi connectivity index (χ1n) is 10.6. The Labute approximate surface area is 203 Å². The lowest BCUT2D eigenvalue weighted by Crippen LogP contribution is -2.31. The molecule has 0 bridgehead atoms. The maximum atomic E-state index is 13.6. The highest BCUT2D eigenvalue weighted by Gasteiger charge is 2.30. The second kappa shape index (κ2) is 10.5. The van der Waals surface area contributed by atoms with Crippen molar-refractivity contribution in [1.82, 2.24) is 24.5 Å². The molecule has 0 aliphatic rings. The van der Waals surface area contributed by atoms with Gasteiger partial charge in [0.2, 0.25) is 0 Å². The van der Waals surface area contributed by atoms with Crippen molar-refractivity contribution in [3.8, 4) is 22.9 Å². The summed E-state index contributed by atoms with van der Waals surface area (Å²) in [5.41, 5.74) is 2.12. The smallest absolute Gasteiger partial charge is 0.304 e. The summed E-state index contributed by atoms with van der Waals surface area (Å²) in [4.78, 5) is 1.17. The van der Waals surface area contributed by atoms with Crippen LogP contribution in [-0.2, 0) is 23.1 Å². The zero-order valence-electron chi connectivity index (χ0n) is 19.5. The summed E-state index contributed by atoms with van der Waals surface area (Å²) in [6, 6.07) is 21.3. The van der Waals surface area contributed by atoms with Crippen molar-refractivity contribution >= 4 is 10.0 Å². The molecule has 0 saturated heterocycles. The zero-order valence-corrected chi connectivity index (χ0v) is 20.3. The third-order valence-corrected chi connectivity index (χ3v) is 6.87. The highest BCUT2D eigenvalue weighted by atomic mass is 32.2. The lowest BCUT2D eigenvalue weighted by molar-refractivity contribution is 0.394. The van der Waals surface area contributed by atoms with Gasteiger partial charge in [-0.1, -0.05) is 29.4 Å². The molecule has 0 aliphatic carbocycles. The molecular formula is C24H25N5O5S. The van der Waals surface area contributed by atoms with E-state index in [1.807, 2.05) is 24.3 Å². The second-order valence-electron chi connectivity index (χ2n) is 7.53. The number of tetrazole rings is 1. The van der Waals surface area contributed by atoms with Crippen LogP contribution in [0.3, 0.4) is 0 Å². The van der Waals surface area contributed by atoms with E-state index < -0.39 is 15.2 Å². The molecule has 1 aromatic heterocycles. The summed E-state index contributed by atoms with van der Waals surface area (Å²) in [5, 5.41) is 11.5. The van der Waals surface area contributed by atoms with Crippen LogP contribution in [0.4, 0.5) is 0 Å². The molecule has 35 heavy (non-hydrogen) atoms. The number of aromatic nitrogens is 4. The molecule has 0 spiro atoms. The van der Waals surface area contributed by atoms with E-state index in [2.05, 4.69) is 15.4 Å². The van der Waals surface area contributed by atoms with Crippen LogP contribution in [0.15, 0.2) is 78.0 Å². The fraction of sp³-hybridized carbons (Fsp3) is 0.208. The Morgan fingerprint density at radius 3 is 1.57 bits per heavy atom. The van der Waals surface area contributed by atoms with Crippen LogP contribution in [0.2, 0.25) is 0 Å². The predicted octanol–water partition coefficient (Wildman–Crippen LogP) is 3.08. The van der Waals surface area contributed by atoms with E-state index in [9.17, 15) is 8.42 Å². The van der Waals surface area contributed by atoms with E-state index in [0.717, 1.165) is 11.1 Å². The molecule has 0 aliphatic heterocycles. The Balaban J connectivity index is 1.65. The van der Waals surface area contributed by atoms with Gasteiger partial charge in [-0.2, -0.15) is 4.31 Å². The molecule has 3 aromatic carbocycles. The van der Waals surface area contributed by atoms with Crippen molar-refractivity contribution in [3.05, 3.63) is 83.9 Å². The van der Waals surface area contributed by atoms with Crippen molar-refractivity contribution in [2.75, 3.05) is 21.3 Å². The number of hydrogen-bond acceptors (Lipinski definition) is 8. The van der Waals surface area contributed by atoms with E-state index >= 15 is 0 Å². The van der Waals surface area contributed by atoms with Crippen LogP contribution >= 0.6 is 0 Å². The molecule has 0 unspecified atom stereocenters. The SMILES string of the molecule is COc1ccc(CN(Cc2ccc(OC)cc2)S(=O)(=O)c2nnn(-c3ccc(OC)cc3)n2)cc1.